The summed E-state index contributed by atoms with van der Waals surface area (Å²) in [4.78, 5) is 4.27. The molecule has 0 bridgehead atoms. The second-order valence-corrected chi connectivity index (χ2v) is 4.59. The third-order valence-electron chi connectivity index (χ3n) is 3.13. The number of ether oxygens (including phenoxy) is 1. The third kappa shape index (κ3) is 3.82. The molecule has 1 aliphatic heterocycles. The van der Waals surface area contributed by atoms with E-state index in [-0.39, 0.29) is 0 Å². The van der Waals surface area contributed by atoms with Gasteiger partial charge in [-0.1, -0.05) is 6.92 Å². The maximum absolute atomic E-state index is 5.72. The Balaban J connectivity index is 1.84. The monoisotopic (exact) mass is 238 g/mol. The van der Waals surface area contributed by atoms with Gasteiger partial charge in [0.25, 0.3) is 0 Å². The van der Waals surface area contributed by atoms with Crippen LogP contribution in [0.1, 0.15) is 44.1 Å². The van der Waals surface area contributed by atoms with Gasteiger partial charge in [-0.25, -0.2) is 4.98 Å². The topological polar surface area (TPSA) is 47.3 Å². The van der Waals surface area contributed by atoms with Gasteiger partial charge in [-0.3, -0.25) is 0 Å². The zero-order chi connectivity index (χ0) is 11.9. The summed E-state index contributed by atoms with van der Waals surface area (Å²) in [7, 11) is 0. The molecule has 1 aromatic heterocycles. The van der Waals surface area contributed by atoms with Gasteiger partial charge in [0.2, 0.25) is 0 Å². The first-order chi connectivity index (χ1) is 8.40. The van der Waals surface area contributed by atoms with E-state index in [1.54, 1.807) is 6.39 Å². The molecule has 2 heterocycles. The van der Waals surface area contributed by atoms with Gasteiger partial charge in [0.15, 0.2) is 6.39 Å². The van der Waals surface area contributed by atoms with Gasteiger partial charge in [-0.2, -0.15) is 0 Å². The fourth-order valence-corrected chi connectivity index (χ4v) is 2.16. The maximum Gasteiger partial charge on any atom is 0.181 e. The Labute approximate surface area is 103 Å². The fourth-order valence-electron chi connectivity index (χ4n) is 2.16. The van der Waals surface area contributed by atoms with Crippen molar-refractivity contribution in [3.05, 3.63) is 17.8 Å². The summed E-state index contributed by atoms with van der Waals surface area (Å²) in [5, 5.41) is 3.35. The molecule has 0 saturated carbocycles. The van der Waals surface area contributed by atoms with E-state index in [4.69, 9.17) is 9.15 Å². The predicted molar refractivity (Wildman–Crippen MR) is 65.8 cm³/mol. The van der Waals surface area contributed by atoms with Gasteiger partial charge in [0.05, 0.1) is 11.8 Å². The predicted octanol–water partition coefficient (Wildman–Crippen LogP) is 2.29. The lowest BCUT2D eigenvalue weighted by Crippen LogP contribution is -2.22. The summed E-state index contributed by atoms with van der Waals surface area (Å²) >= 11 is 0. The van der Waals surface area contributed by atoms with Crippen molar-refractivity contribution >= 4 is 0 Å². The first-order valence-corrected chi connectivity index (χ1v) is 6.63. The molecule has 1 fully saturated rings. The summed E-state index contributed by atoms with van der Waals surface area (Å²) < 4.78 is 11.2. The smallest absolute Gasteiger partial charge is 0.181 e. The molecule has 4 nitrogen and oxygen atoms in total. The summed E-state index contributed by atoms with van der Waals surface area (Å²) in [6.45, 7) is 4.87. The minimum Gasteiger partial charge on any atom is -0.448 e. The Morgan fingerprint density at radius 2 is 2.41 bits per heavy atom. The molecule has 96 valence electrons. The normalized spacial score (nSPS) is 20.6. The van der Waals surface area contributed by atoms with Crippen molar-refractivity contribution < 1.29 is 9.15 Å². The van der Waals surface area contributed by atoms with Crippen molar-refractivity contribution in [2.24, 2.45) is 0 Å². The second kappa shape index (κ2) is 6.77. The van der Waals surface area contributed by atoms with Crippen LogP contribution in [0.4, 0.5) is 0 Å². The third-order valence-corrected chi connectivity index (χ3v) is 3.13. The van der Waals surface area contributed by atoms with Crippen molar-refractivity contribution in [2.45, 2.75) is 51.7 Å². The molecule has 1 aliphatic rings. The number of aromatic nitrogens is 1. The molecule has 17 heavy (non-hydrogen) atoms. The van der Waals surface area contributed by atoms with Gasteiger partial charge in [-0.05, 0) is 32.2 Å². The van der Waals surface area contributed by atoms with Gasteiger partial charge >= 0.3 is 0 Å². The number of nitrogens with one attached hydrogen (secondary N) is 1. The van der Waals surface area contributed by atoms with Gasteiger partial charge in [-0.15, -0.1) is 0 Å². The highest BCUT2D eigenvalue weighted by Crippen LogP contribution is 2.19. The van der Waals surface area contributed by atoms with Crippen LogP contribution < -0.4 is 5.32 Å². The fraction of sp³-hybridized carbons (Fsp3) is 0.769. The van der Waals surface area contributed by atoms with E-state index in [0.717, 1.165) is 50.4 Å². The van der Waals surface area contributed by atoms with Crippen LogP contribution in [-0.4, -0.2) is 24.2 Å². The standard InChI is InChI=1S/C13H22N2O2/c1-2-6-14-9-12-13(17-10-15-12)8-11-5-3-4-7-16-11/h10-11,14H,2-9H2,1H3. The van der Waals surface area contributed by atoms with E-state index >= 15 is 0 Å². The zero-order valence-corrected chi connectivity index (χ0v) is 10.6. The molecule has 1 unspecified atom stereocenters. The van der Waals surface area contributed by atoms with Crippen molar-refractivity contribution in [1.82, 2.24) is 10.3 Å². The number of oxazole rings is 1. The SMILES string of the molecule is CCCNCc1ncoc1CC1CCCCO1. The lowest BCUT2D eigenvalue weighted by molar-refractivity contribution is 0.0138. The van der Waals surface area contributed by atoms with Crippen LogP contribution in [0.5, 0.6) is 0 Å². The second-order valence-electron chi connectivity index (χ2n) is 4.59. The zero-order valence-electron chi connectivity index (χ0n) is 10.6. The summed E-state index contributed by atoms with van der Waals surface area (Å²) in [6, 6.07) is 0. The average molecular weight is 238 g/mol. The van der Waals surface area contributed by atoms with Crippen LogP contribution in [0.3, 0.4) is 0 Å². The van der Waals surface area contributed by atoms with E-state index in [1.807, 2.05) is 0 Å². The molecule has 1 saturated heterocycles. The Hall–Kier alpha value is -0.870. The van der Waals surface area contributed by atoms with Crippen LogP contribution in [-0.2, 0) is 17.7 Å². The lowest BCUT2D eigenvalue weighted by Gasteiger charge is -2.21. The molecule has 0 amide bonds. The summed E-state index contributed by atoms with van der Waals surface area (Å²) in [5.74, 6) is 0.987. The number of hydrogen-bond acceptors (Lipinski definition) is 4. The maximum atomic E-state index is 5.72. The Morgan fingerprint density at radius 1 is 1.47 bits per heavy atom. The first-order valence-electron chi connectivity index (χ1n) is 6.63. The number of nitrogens with zero attached hydrogens (tertiary/aromatic N) is 1. The van der Waals surface area contributed by atoms with E-state index in [2.05, 4.69) is 17.2 Å². The molecule has 0 aliphatic carbocycles. The van der Waals surface area contributed by atoms with Crippen LogP contribution in [0.25, 0.3) is 0 Å². The molecule has 1 N–H and O–H groups in total. The van der Waals surface area contributed by atoms with Crippen LogP contribution in [0.2, 0.25) is 0 Å². The Kier molecular flexibility index (Phi) is 5.01. The van der Waals surface area contributed by atoms with E-state index in [1.165, 1.54) is 12.8 Å². The molecular weight excluding hydrogens is 216 g/mol. The Bertz CT molecular complexity index is 319. The van der Waals surface area contributed by atoms with Crippen molar-refractivity contribution in [3.63, 3.8) is 0 Å². The largest absolute Gasteiger partial charge is 0.448 e. The van der Waals surface area contributed by atoms with E-state index < -0.39 is 0 Å². The molecule has 0 radical (unpaired) electrons. The molecule has 1 atom stereocenters. The molecule has 2 rings (SSSR count). The molecule has 0 aromatic carbocycles. The highest BCUT2D eigenvalue weighted by Gasteiger charge is 2.18. The van der Waals surface area contributed by atoms with Crippen molar-refractivity contribution in [1.29, 1.82) is 0 Å². The van der Waals surface area contributed by atoms with Gasteiger partial charge < -0.3 is 14.5 Å². The van der Waals surface area contributed by atoms with Crippen LogP contribution in [0, 0.1) is 0 Å². The van der Waals surface area contributed by atoms with Gasteiger partial charge in [0.1, 0.15) is 5.76 Å². The average Bonchev–Trinajstić information content (AvgIpc) is 2.79. The quantitative estimate of drug-likeness (QED) is 0.772. The summed E-state index contributed by atoms with van der Waals surface area (Å²) in [5.41, 5.74) is 1.03. The van der Waals surface area contributed by atoms with Crippen LogP contribution >= 0.6 is 0 Å². The highest BCUT2D eigenvalue weighted by molar-refractivity contribution is 5.08. The molecule has 0 spiro atoms. The first kappa shape index (κ1) is 12.6. The van der Waals surface area contributed by atoms with E-state index in [9.17, 15) is 0 Å². The minimum absolute atomic E-state index is 0.321. The van der Waals surface area contributed by atoms with Crippen molar-refractivity contribution in [2.75, 3.05) is 13.2 Å². The molecule has 4 heteroatoms. The highest BCUT2D eigenvalue weighted by atomic mass is 16.5. The minimum atomic E-state index is 0.321. The van der Waals surface area contributed by atoms with Crippen LogP contribution in [0.15, 0.2) is 10.8 Å². The molecular formula is C13H22N2O2. The summed E-state index contributed by atoms with van der Waals surface area (Å²) in [6.07, 6.45) is 7.47. The number of rotatable bonds is 6. The van der Waals surface area contributed by atoms with E-state index in [0.29, 0.717) is 6.10 Å². The van der Waals surface area contributed by atoms with Gasteiger partial charge in [0, 0.05) is 19.6 Å². The van der Waals surface area contributed by atoms with Crippen molar-refractivity contribution in [3.8, 4) is 0 Å². The molecule has 1 aromatic rings. The Morgan fingerprint density at radius 3 is 3.18 bits per heavy atom. The number of hydrogen-bond donors (Lipinski definition) is 1. The lowest BCUT2D eigenvalue weighted by atomic mass is 10.0.